The summed E-state index contributed by atoms with van der Waals surface area (Å²) in [6, 6.07) is 12.7. The van der Waals surface area contributed by atoms with Crippen LogP contribution in [0.2, 0.25) is 19.6 Å². The number of halogens is 1. The number of benzene rings is 2. The molecule has 0 aliphatic carbocycles. The third-order valence-electron chi connectivity index (χ3n) is 4.47. The number of nitrogens with zero attached hydrogens (tertiary/aromatic N) is 4. The average molecular weight is 389 g/mol. The van der Waals surface area contributed by atoms with Crippen molar-refractivity contribution in [3.8, 4) is 17.2 Å². The van der Waals surface area contributed by atoms with Crippen molar-refractivity contribution < 1.29 is 4.39 Å². The molecule has 0 N–H and O–H groups in total. The van der Waals surface area contributed by atoms with Crippen LogP contribution < -0.4 is 0 Å². The molecule has 0 atom stereocenters. The number of hydrogen-bond donors (Lipinski definition) is 0. The first-order valence-corrected chi connectivity index (χ1v) is 12.7. The van der Waals surface area contributed by atoms with Gasteiger partial charge in [-0.3, -0.25) is 9.56 Å². The fourth-order valence-corrected chi connectivity index (χ4v) is 3.72. The molecule has 2 aromatic carbocycles. The van der Waals surface area contributed by atoms with E-state index in [0.717, 1.165) is 28.5 Å². The van der Waals surface area contributed by atoms with Gasteiger partial charge >= 0.3 is 0 Å². The topological polar surface area (TPSA) is 43.1 Å². The number of aliphatic imine (C=N–C) groups is 1. The Morgan fingerprint density at radius 3 is 2.57 bits per heavy atom. The van der Waals surface area contributed by atoms with Crippen molar-refractivity contribution in [2.24, 2.45) is 4.99 Å². The van der Waals surface area contributed by atoms with Gasteiger partial charge in [0.2, 0.25) is 0 Å². The molecule has 0 saturated heterocycles. The van der Waals surface area contributed by atoms with Gasteiger partial charge in [-0.2, -0.15) is 0 Å². The molecule has 0 saturated carbocycles. The molecule has 28 heavy (non-hydrogen) atoms. The van der Waals surface area contributed by atoms with Crippen LogP contribution in [0.25, 0.3) is 5.69 Å². The molecule has 6 heteroatoms. The van der Waals surface area contributed by atoms with Crippen molar-refractivity contribution >= 4 is 13.8 Å². The SMILES string of the molecule is Cc1nnc2n1-c1ccc(C#C[Si](C)(C)C)cc1C(c1ccccc1F)=NC2. The minimum absolute atomic E-state index is 0.292. The van der Waals surface area contributed by atoms with Gasteiger partial charge in [-0.25, -0.2) is 4.39 Å². The van der Waals surface area contributed by atoms with Crippen LogP contribution >= 0.6 is 0 Å². The molecule has 0 amide bonds. The number of aromatic nitrogens is 3. The smallest absolute Gasteiger partial charge is 0.159 e. The highest BCUT2D eigenvalue weighted by atomic mass is 28.3. The standard InChI is InChI=1S/C22H21FN4Si/c1-15-25-26-21-14-24-22(17-7-5-6-8-19(17)23)18-13-16(11-12-28(2,3)4)9-10-20(18)27(15)21/h5-10,13H,14H2,1-4H3. The normalized spacial score (nSPS) is 13.0. The fourth-order valence-electron chi connectivity index (χ4n) is 3.20. The molecule has 4 nitrogen and oxygen atoms in total. The molecule has 4 rings (SSSR count). The van der Waals surface area contributed by atoms with E-state index in [1.807, 2.05) is 35.8 Å². The van der Waals surface area contributed by atoms with E-state index in [-0.39, 0.29) is 5.82 Å². The Labute approximate surface area is 165 Å². The average Bonchev–Trinajstić information content (AvgIpc) is 2.93. The molecule has 0 fully saturated rings. The van der Waals surface area contributed by atoms with E-state index in [1.165, 1.54) is 6.07 Å². The molecular weight excluding hydrogens is 367 g/mol. The predicted molar refractivity (Wildman–Crippen MR) is 112 cm³/mol. The zero-order valence-corrected chi connectivity index (χ0v) is 17.4. The maximum absolute atomic E-state index is 14.6. The molecule has 1 aliphatic heterocycles. The van der Waals surface area contributed by atoms with Crippen molar-refractivity contribution in [2.75, 3.05) is 0 Å². The highest BCUT2D eigenvalue weighted by Gasteiger charge is 2.23. The van der Waals surface area contributed by atoms with Crippen LogP contribution in [0.5, 0.6) is 0 Å². The summed E-state index contributed by atoms with van der Waals surface area (Å²) in [6.45, 7) is 8.88. The van der Waals surface area contributed by atoms with Gasteiger partial charge in [0.15, 0.2) is 5.82 Å². The van der Waals surface area contributed by atoms with E-state index < -0.39 is 8.07 Å². The summed E-state index contributed by atoms with van der Waals surface area (Å²) in [5.74, 6) is 4.53. The molecule has 0 unspecified atom stereocenters. The summed E-state index contributed by atoms with van der Waals surface area (Å²) in [7, 11) is -1.51. The molecule has 0 bridgehead atoms. The molecule has 1 aromatic heterocycles. The van der Waals surface area contributed by atoms with Gasteiger partial charge in [-0.05, 0) is 37.3 Å². The van der Waals surface area contributed by atoms with Crippen molar-refractivity contribution in [1.29, 1.82) is 0 Å². The molecule has 2 heterocycles. The lowest BCUT2D eigenvalue weighted by Crippen LogP contribution is -2.16. The van der Waals surface area contributed by atoms with Gasteiger partial charge in [0.25, 0.3) is 0 Å². The van der Waals surface area contributed by atoms with E-state index in [2.05, 4.69) is 41.3 Å². The van der Waals surface area contributed by atoms with E-state index in [0.29, 0.717) is 17.8 Å². The van der Waals surface area contributed by atoms with E-state index in [1.54, 1.807) is 12.1 Å². The lowest BCUT2D eigenvalue weighted by Gasteiger charge is -2.13. The van der Waals surface area contributed by atoms with Gasteiger partial charge in [0.05, 0.1) is 11.4 Å². The van der Waals surface area contributed by atoms with Crippen LogP contribution in [0.3, 0.4) is 0 Å². The fraction of sp³-hybridized carbons (Fsp3) is 0.227. The van der Waals surface area contributed by atoms with E-state index in [9.17, 15) is 4.39 Å². The number of hydrogen-bond acceptors (Lipinski definition) is 3. The lowest BCUT2D eigenvalue weighted by atomic mass is 9.98. The summed E-state index contributed by atoms with van der Waals surface area (Å²) >= 11 is 0. The maximum Gasteiger partial charge on any atom is 0.159 e. The number of fused-ring (bicyclic) bond motifs is 3. The van der Waals surface area contributed by atoms with Gasteiger partial charge in [-0.1, -0.05) is 37.7 Å². The quantitative estimate of drug-likeness (QED) is 0.461. The molecule has 0 radical (unpaired) electrons. The highest BCUT2D eigenvalue weighted by molar-refractivity contribution is 6.83. The molecule has 0 spiro atoms. The first-order valence-electron chi connectivity index (χ1n) is 9.22. The summed E-state index contributed by atoms with van der Waals surface area (Å²) in [5, 5.41) is 8.44. The van der Waals surface area contributed by atoms with E-state index in [4.69, 9.17) is 4.99 Å². The summed E-state index contributed by atoms with van der Waals surface area (Å²) in [4.78, 5) is 4.71. The molecular formula is C22H21FN4Si. The van der Waals surface area contributed by atoms with Crippen LogP contribution in [0.4, 0.5) is 4.39 Å². The minimum atomic E-state index is -1.51. The first kappa shape index (κ1) is 18.3. The van der Waals surface area contributed by atoms with Gasteiger partial charge in [-0.15, -0.1) is 15.7 Å². The second-order valence-electron chi connectivity index (χ2n) is 7.88. The summed E-state index contributed by atoms with van der Waals surface area (Å²) in [6.07, 6.45) is 0. The monoisotopic (exact) mass is 388 g/mol. The Bertz CT molecular complexity index is 1160. The third kappa shape index (κ3) is 3.41. The van der Waals surface area contributed by atoms with Crippen molar-refractivity contribution in [2.45, 2.75) is 33.1 Å². The number of aryl methyl sites for hydroxylation is 1. The highest BCUT2D eigenvalue weighted by Crippen LogP contribution is 2.27. The van der Waals surface area contributed by atoms with Crippen molar-refractivity contribution in [1.82, 2.24) is 14.8 Å². The minimum Gasteiger partial charge on any atom is -0.281 e. The Hall–Kier alpha value is -3.04. The Morgan fingerprint density at radius 1 is 1.04 bits per heavy atom. The van der Waals surface area contributed by atoms with E-state index >= 15 is 0 Å². The van der Waals surface area contributed by atoms with Crippen molar-refractivity contribution in [3.63, 3.8) is 0 Å². The summed E-state index contributed by atoms with van der Waals surface area (Å²) in [5.41, 5.74) is 7.14. The largest absolute Gasteiger partial charge is 0.281 e. The van der Waals surface area contributed by atoms with Crippen LogP contribution in [0, 0.1) is 24.2 Å². The second kappa shape index (κ2) is 6.84. The van der Waals surface area contributed by atoms with Crippen LogP contribution in [0.1, 0.15) is 28.3 Å². The lowest BCUT2D eigenvalue weighted by molar-refractivity contribution is 0.625. The number of rotatable bonds is 1. The van der Waals surface area contributed by atoms with Gasteiger partial charge < -0.3 is 0 Å². The summed E-state index contributed by atoms with van der Waals surface area (Å²) < 4.78 is 16.6. The van der Waals surface area contributed by atoms with Crippen molar-refractivity contribution in [3.05, 3.63) is 76.6 Å². The molecule has 140 valence electrons. The molecule has 1 aliphatic rings. The maximum atomic E-state index is 14.6. The van der Waals surface area contributed by atoms with Gasteiger partial charge in [0.1, 0.15) is 26.3 Å². The van der Waals surface area contributed by atoms with Crippen LogP contribution in [-0.4, -0.2) is 28.6 Å². The van der Waals surface area contributed by atoms with Crippen LogP contribution in [-0.2, 0) is 6.54 Å². The third-order valence-corrected chi connectivity index (χ3v) is 5.35. The zero-order chi connectivity index (χ0) is 19.9. The first-order chi connectivity index (χ1) is 13.3. The predicted octanol–water partition coefficient (Wildman–Crippen LogP) is 4.29. The Kier molecular flexibility index (Phi) is 4.48. The second-order valence-corrected chi connectivity index (χ2v) is 12.6. The van der Waals surface area contributed by atoms with Gasteiger partial charge in [0, 0.05) is 16.7 Å². The Morgan fingerprint density at radius 2 is 1.82 bits per heavy atom. The van der Waals surface area contributed by atoms with Crippen LogP contribution in [0.15, 0.2) is 47.5 Å². The Balaban J connectivity index is 1.96. The molecule has 3 aromatic rings. The zero-order valence-electron chi connectivity index (χ0n) is 16.4.